The highest BCUT2D eigenvalue weighted by molar-refractivity contribution is 6.04. The molecule has 4 nitrogen and oxygen atoms in total. The number of imidazole rings is 1. The van der Waals surface area contributed by atoms with Crippen molar-refractivity contribution in [3.63, 3.8) is 0 Å². The van der Waals surface area contributed by atoms with Crippen molar-refractivity contribution in [3.05, 3.63) is 48.5 Å². The topological polar surface area (TPSA) is 48.0 Å². The molecule has 0 fully saturated rings. The average Bonchev–Trinajstić information content (AvgIpc) is 2.84. The number of carbonyl (C=O) groups is 1. The summed E-state index contributed by atoms with van der Waals surface area (Å²) >= 11 is 0. The molecule has 0 radical (unpaired) electrons. The van der Waals surface area contributed by atoms with Gasteiger partial charge in [0.15, 0.2) is 5.82 Å². The molecule has 0 saturated heterocycles. The van der Waals surface area contributed by atoms with Crippen LogP contribution >= 0.6 is 0 Å². The molecule has 76 valence electrons. The number of aryl methyl sites for hydroxylation is 1. The number of ketones is 1. The molecule has 2 aromatic heterocycles. The van der Waals surface area contributed by atoms with Crippen LogP contribution in [0.3, 0.4) is 0 Å². The van der Waals surface area contributed by atoms with Crippen molar-refractivity contribution in [2.75, 3.05) is 0 Å². The molecule has 2 rings (SSSR count). The molecule has 0 aliphatic carbocycles. The first kappa shape index (κ1) is 9.45. The highest BCUT2D eigenvalue weighted by Crippen LogP contribution is 2.04. The van der Waals surface area contributed by atoms with Gasteiger partial charge in [-0.2, -0.15) is 0 Å². The maximum absolute atomic E-state index is 11.6. The Morgan fingerprint density at radius 1 is 1.60 bits per heavy atom. The van der Waals surface area contributed by atoms with Gasteiger partial charge in [-0.3, -0.25) is 4.79 Å². The number of furan rings is 1. The highest BCUT2D eigenvalue weighted by atomic mass is 16.3. The van der Waals surface area contributed by atoms with Crippen LogP contribution in [-0.2, 0) is 7.05 Å². The van der Waals surface area contributed by atoms with Crippen LogP contribution in [0.2, 0.25) is 0 Å². The molecular weight excluding hydrogens is 192 g/mol. The van der Waals surface area contributed by atoms with Gasteiger partial charge in [-0.1, -0.05) is 0 Å². The maximum atomic E-state index is 11.6. The van der Waals surface area contributed by atoms with Crippen LogP contribution in [0, 0.1) is 0 Å². The van der Waals surface area contributed by atoms with E-state index in [1.165, 1.54) is 6.08 Å². The summed E-state index contributed by atoms with van der Waals surface area (Å²) in [6, 6.07) is 1.78. The van der Waals surface area contributed by atoms with Crippen LogP contribution in [-0.4, -0.2) is 15.3 Å². The molecule has 0 unspecified atom stereocenters. The quantitative estimate of drug-likeness (QED) is 0.564. The summed E-state index contributed by atoms with van der Waals surface area (Å²) in [5, 5.41) is 0. The number of hydrogen-bond acceptors (Lipinski definition) is 3. The van der Waals surface area contributed by atoms with Crippen molar-refractivity contribution in [1.29, 1.82) is 0 Å². The summed E-state index contributed by atoms with van der Waals surface area (Å²) in [4.78, 5) is 15.6. The van der Waals surface area contributed by atoms with Gasteiger partial charge in [-0.05, 0) is 18.2 Å². The zero-order valence-electron chi connectivity index (χ0n) is 8.25. The minimum Gasteiger partial charge on any atom is -0.472 e. The Hall–Kier alpha value is -2.10. The maximum Gasteiger partial charge on any atom is 0.221 e. The van der Waals surface area contributed by atoms with Crippen LogP contribution in [0.1, 0.15) is 16.2 Å². The number of nitrogens with zero attached hydrogens (tertiary/aromatic N) is 2. The standard InChI is InChI=1S/C11H10N2O2/c1-13-6-5-12-11(13)10(14)3-2-9-4-7-15-8-9/h2-8H,1H3/b3-2+. The van der Waals surface area contributed by atoms with Gasteiger partial charge in [0.2, 0.25) is 5.78 Å². The van der Waals surface area contributed by atoms with E-state index in [0.717, 1.165) is 5.56 Å². The van der Waals surface area contributed by atoms with E-state index in [1.807, 2.05) is 0 Å². The zero-order chi connectivity index (χ0) is 10.7. The number of rotatable bonds is 3. The monoisotopic (exact) mass is 202 g/mol. The molecule has 0 aromatic carbocycles. The second kappa shape index (κ2) is 3.96. The van der Waals surface area contributed by atoms with Crippen molar-refractivity contribution >= 4 is 11.9 Å². The van der Waals surface area contributed by atoms with E-state index in [0.29, 0.717) is 5.82 Å². The predicted molar refractivity (Wildman–Crippen MR) is 55.3 cm³/mol. The van der Waals surface area contributed by atoms with Gasteiger partial charge in [-0.25, -0.2) is 4.98 Å². The summed E-state index contributed by atoms with van der Waals surface area (Å²) < 4.78 is 6.56. The lowest BCUT2D eigenvalue weighted by atomic mass is 10.2. The molecule has 0 saturated carbocycles. The normalized spacial score (nSPS) is 11.0. The van der Waals surface area contributed by atoms with Crippen LogP contribution in [0.4, 0.5) is 0 Å². The van der Waals surface area contributed by atoms with Gasteiger partial charge in [0, 0.05) is 25.0 Å². The lowest BCUT2D eigenvalue weighted by Gasteiger charge is -1.94. The van der Waals surface area contributed by atoms with Crippen LogP contribution < -0.4 is 0 Å². The van der Waals surface area contributed by atoms with Gasteiger partial charge in [-0.15, -0.1) is 0 Å². The predicted octanol–water partition coefficient (Wildman–Crippen LogP) is 1.91. The fraction of sp³-hybridized carbons (Fsp3) is 0.0909. The highest BCUT2D eigenvalue weighted by Gasteiger charge is 2.06. The summed E-state index contributed by atoms with van der Waals surface area (Å²) in [5.74, 6) is 0.304. The Morgan fingerprint density at radius 3 is 3.07 bits per heavy atom. The number of allylic oxidation sites excluding steroid dienone is 1. The van der Waals surface area contributed by atoms with Crippen LogP contribution in [0.15, 0.2) is 41.5 Å². The lowest BCUT2D eigenvalue weighted by molar-refractivity contribution is 0.103. The number of hydrogen-bond donors (Lipinski definition) is 0. The molecule has 0 amide bonds. The molecule has 0 bridgehead atoms. The average molecular weight is 202 g/mol. The third-order valence-electron chi connectivity index (χ3n) is 2.01. The second-order valence-electron chi connectivity index (χ2n) is 3.12. The minimum atomic E-state index is -0.122. The van der Waals surface area contributed by atoms with Crippen molar-refractivity contribution < 1.29 is 9.21 Å². The molecule has 4 heteroatoms. The van der Waals surface area contributed by atoms with E-state index in [2.05, 4.69) is 4.98 Å². The van der Waals surface area contributed by atoms with E-state index in [1.54, 1.807) is 48.7 Å². The molecule has 2 aromatic rings. The van der Waals surface area contributed by atoms with E-state index in [9.17, 15) is 4.79 Å². The van der Waals surface area contributed by atoms with Gasteiger partial charge < -0.3 is 8.98 Å². The molecule has 0 aliphatic rings. The molecule has 0 atom stereocenters. The van der Waals surface area contributed by atoms with E-state index in [4.69, 9.17) is 4.42 Å². The Morgan fingerprint density at radius 2 is 2.47 bits per heavy atom. The summed E-state index contributed by atoms with van der Waals surface area (Å²) in [6.45, 7) is 0. The van der Waals surface area contributed by atoms with Gasteiger partial charge in [0.25, 0.3) is 0 Å². The Balaban J connectivity index is 2.14. The molecule has 15 heavy (non-hydrogen) atoms. The third kappa shape index (κ3) is 2.04. The first-order chi connectivity index (χ1) is 7.27. The lowest BCUT2D eigenvalue weighted by Crippen LogP contribution is -2.03. The molecule has 2 heterocycles. The summed E-state index contributed by atoms with van der Waals surface area (Å²) in [5.41, 5.74) is 0.859. The summed E-state index contributed by atoms with van der Waals surface area (Å²) in [6.07, 6.45) is 9.64. The van der Waals surface area contributed by atoms with Crippen LogP contribution in [0.25, 0.3) is 6.08 Å². The Bertz CT molecular complexity index is 480. The number of aromatic nitrogens is 2. The first-order valence-electron chi connectivity index (χ1n) is 4.49. The van der Waals surface area contributed by atoms with Crippen molar-refractivity contribution in [3.8, 4) is 0 Å². The largest absolute Gasteiger partial charge is 0.472 e. The minimum absolute atomic E-state index is 0.122. The first-order valence-corrected chi connectivity index (χ1v) is 4.49. The fourth-order valence-corrected chi connectivity index (χ4v) is 1.22. The van der Waals surface area contributed by atoms with E-state index >= 15 is 0 Å². The van der Waals surface area contributed by atoms with Crippen molar-refractivity contribution in [1.82, 2.24) is 9.55 Å². The van der Waals surface area contributed by atoms with Crippen LogP contribution in [0.5, 0.6) is 0 Å². The Labute approximate surface area is 86.9 Å². The van der Waals surface area contributed by atoms with E-state index < -0.39 is 0 Å². The zero-order valence-corrected chi connectivity index (χ0v) is 8.25. The third-order valence-corrected chi connectivity index (χ3v) is 2.01. The second-order valence-corrected chi connectivity index (χ2v) is 3.12. The molecule has 0 spiro atoms. The van der Waals surface area contributed by atoms with Gasteiger partial charge in [0.1, 0.15) is 0 Å². The Kier molecular flexibility index (Phi) is 2.49. The van der Waals surface area contributed by atoms with E-state index in [-0.39, 0.29) is 5.78 Å². The SMILES string of the molecule is Cn1ccnc1C(=O)/C=C/c1ccoc1. The van der Waals surface area contributed by atoms with Gasteiger partial charge in [0.05, 0.1) is 12.5 Å². The van der Waals surface area contributed by atoms with Gasteiger partial charge >= 0.3 is 0 Å². The molecule has 0 aliphatic heterocycles. The molecular formula is C11H10N2O2. The smallest absolute Gasteiger partial charge is 0.221 e. The molecule has 0 N–H and O–H groups in total. The fourth-order valence-electron chi connectivity index (χ4n) is 1.22. The number of carbonyl (C=O) groups excluding carboxylic acids is 1. The summed E-state index contributed by atoms with van der Waals surface area (Å²) in [7, 11) is 1.78. The van der Waals surface area contributed by atoms with Crippen molar-refractivity contribution in [2.45, 2.75) is 0 Å². The van der Waals surface area contributed by atoms with Crippen molar-refractivity contribution in [2.24, 2.45) is 7.05 Å².